The Hall–Kier alpha value is -3.71. The minimum Gasteiger partial charge on any atom is -0.495 e. The number of aromatic nitrogens is 2. The second kappa shape index (κ2) is 7.52. The third kappa shape index (κ3) is 3.23. The van der Waals surface area contributed by atoms with Gasteiger partial charge < -0.3 is 10.1 Å². The van der Waals surface area contributed by atoms with Crippen molar-refractivity contribution in [1.82, 2.24) is 9.55 Å². The maximum atomic E-state index is 13.5. The summed E-state index contributed by atoms with van der Waals surface area (Å²) >= 11 is 3.46. The van der Waals surface area contributed by atoms with E-state index in [4.69, 9.17) is 9.72 Å². The molecule has 0 fully saturated rings. The fourth-order valence-corrected chi connectivity index (χ4v) is 4.09. The molecule has 31 heavy (non-hydrogen) atoms. The van der Waals surface area contributed by atoms with Gasteiger partial charge in [-0.1, -0.05) is 40.2 Å². The van der Waals surface area contributed by atoms with Crippen LogP contribution in [0.25, 0.3) is 28.2 Å². The zero-order chi connectivity index (χ0) is 21.5. The van der Waals surface area contributed by atoms with Crippen molar-refractivity contribution >= 4 is 50.1 Å². The second-order valence-corrected chi connectivity index (χ2v) is 7.92. The van der Waals surface area contributed by atoms with E-state index in [2.05, 4.69) is 21.2 Å². The highest BCUT2D eigenvalue weighted by Crippen LogP contribution is 2.35. The molecule has 0 aliphatic carbocycles. The van der Waals surface area contributed by atoms with Crippen molar-refractivity contribution in [2.45, 2.75) is 0 Å². The maximum absolute atomic E-state index is 13.5. The van der Waals surface area contributed by atoms with Crippen molar-refractivity contribution in [3.63, 3.8) is 0 Å². The second-order valence-electron chi connectivity index (χ2n) is 7.00. The Balaban J connectivity index is 1.84. The van der Waals surface area contributed by atoms with Gasteiger partial charge in [0.05, 0.1) is 29.3 Å². The molecule has 3 aromatic carbocycles. The molecule has 1 aromatic heterocycles. The Morgan fingerprint density at radius 2 is 1.81 bits per heavy atom. The molecule has 7 heteroatoms. The van der Waals surface area contributed by atoms with Crippen LogP contribution in [0.1, 0.15) is 11.4 Å². The molecule has 0 atom stereocenters. The Morgan fingerprint density at radius 3 is 2.65 bits per heavy atom. The fourth-order valence-electron chi connectivity index (χ4n) is 3.73. The topological polar surface area (TPSA) is 73.2 Å². The molecule has 1 amide bonds. The van der Waals surface area contributed by atoms with E-state index in [9.17, 15) is 9.59 Å². The predicted molar refractivity (Wildman–Crippen MR) is 125 cm³/mol. The molecule has 0 unspecified atom stereocenters. The first kappa shape index (κ1) is 19.3. The van der Waals surface area contributed by atoms with Gasteiger partial charge in [0.25, 0.3) is 11.5 Å². The SMILES string of the molecule is COc1ccccc1-n1c(C=C2C(=O)Nc3ccc(Br)cc32)nc2ccccc2c1=O. The van der Waals surface area contributed by atoms with Gasteiger partial charge in [0, 0.05) is 15.7 Å². The summed E-state index contributed by atoms with van der Waals surface area (Å²) in [5.74, 6) is 0.619. The summed E-state index contributed by atoms with van der Waals surface area (Å²) < 4.78 is 7.82. The van der Waals surface area contributed by atoms with Crippen molar-refractivity contribution in [3.8, 4) is 11.4 Å². The van der Waals surface area contributed by atoms with Crippen LogP contribution in [-0.2, 0) is 4.79 Å². The van der Waals surface area contributed by atoms with Crippen LogP contribution in [0.2, 0.25) is 0 Å². The number of amides is 1. The van der Waals surface area contributed by atoms with E-state index >= 15 is 0 Å². The monoisotopic (exact) mass is 473 g/mol. The predicted octanol–water partition coefficient (Wildman–Crippen LogP) is 4.65. The van der Waals surface area contributed by atoms with Crippen molar-refractivity contribution < 1.29 is 9.53 Å². The number of nitrogens with zero attached hydrogens (tertiary/aromatic N) is 2. The average Bonchev–Trinajstić information content (AvgIpc) is 3.08. The smallest absolute Gasteiger partial charge is 0.266 e. The number of anilines is 1. The van der Waals surface area contributed by atoms with Gasteiger partial charge in [-0.2, -0.15) is 0 Å². The van der Waals surface area contributed by atoms with Gasteiger partial charge in [0.1, 0.15) is 11.6 Å². The summed E-state index contributed by atoms with van der Waals surface area (Å²) in [7, 11) is 1.55. The molecule has 1 aliphatic rings. The molecule has 0 spiro atoms. The number of fused-ring (bicyclic) bond motifs is 2. The van der Waals surface area contributed by atoms with E-state index < -0.39 is 0 Å². The van der Waals surface area contributed by atoms with Gasteiger partial charge in [0.2, 0.25) is 0 Å². The number of hydrogen-bond acceptors (Lipinski definition) is 4. The van der Waals surface area contributed by atoms with E-state index in [0.29, 0.717) is 39.4 Å². The molecule has 0 saturated carbocycles. The van der Waals surface area contributed by atoms with Gasteiger partial charge in [-0.3, -0.25) is 14.2 Å². The molecule has 6 nitrogen and oxygen atoms in total. The van der Waals surface area contributed by atoms with Crippen LogP contribution in [0.5, 0.6) is 5.75 Å². The summed E-state index contributed by atoms with van der Waals surface area (Å²) in [5, 5.41) is 3.34. The van der Waals surface area contributed by atoms with E-state index in [1.54, 1.807) is 43.5 Å². The minimum atomic E-state index is -0.248. The third-order valence-electron chi connectivity index (χ3n) is 5.17. The van der Waals surface area contributed by atoms with Crippen molar-refractivity contribution in [3.05, 3.63) is 92.9 Å². The highest BCUT2D eigenvalue weighted by atomic mass is 79.9. The molecule has 0 saturated heterocycles. The van der Waals surface area contributed by atoms with Crippen molar-refractivity contribution in [2.75, 3.05) is 12.4 Å². The van der Waals surface area contributed by atoms with E-state index in [-0.39, 0.29) is 11.5 Å². The number of hydrogen-bond donors (Lipinski definition) is 1. The molecule has 0 radical (unpaired) electrons. The Bertz CT molecular complexity index is 1460. The molecule has 4 aromatic rings. The van der Waals surface area contributed by atoms with E-state index in [1.165, 1.54) is 4.57 Å². The van der Waals surface area contributed by atoms with Gasteiger partial charge >= 0.3 is 0 Å². The highest BCUT2D eigenvalue weighted by Gasteiger charge is 2.25. The van der Waals surface area contributed by atoms with Crippen LogP contribution < -0.4 is 15.6 Å². The Labute approximate surface area is 185 Å². The lowest BCUT2D eigenvalue weighted by Gasteiger charge is -2.15. The number of nitrogens with one attached hydrogen (secondary N) is 1. The number of carbonyl (C=O) groups excluding carboxylic acids is 1. The van der Waals surface area contributed by atoms with Crippen LogP contribution in [-0.4, -0.2) is 22.6 Å². The summed E-state index contributed by atoms with van der Waals surface area (Å²) in [6.45, 7) is 0. The summed E-state index contributed by atoms with van der Waals surface area (Å²) in [6, 6.07) is 19.9. The summed E-state index contributed by atoms with van der Waals surface area (Å²) in [4.78, 5) is 31.0. The molecule has 152 valence electrons. The first-order valence-corrected chi connectivity index (χ1v) is 10.3. The van der Waals surface area contributed by atoms with Gasteiger partial charge in [-0.25, -0.2) is 4.98 Å². The first-order valence-electron chi connectivity index (χ1n) is 9.55. The van der Waals surface area contributed by atoms with Crippen LogP contribution in [0.3, 0.4) is 0 Å². The number of benzene rings is 3. The zero-order valence-corrected chi connectivity index (χ0v) is 18.0. The zero-order valence-electron chi connectivity index (χ0n) is 16.4. The highest BCUT2D eigenvalue weighted by molar-refractivity contribution is 9.10. The van der Waals surface area contributed by atoms with Crippen LogP contribution in [0.15, 0.2) is 76.0 Å². The lowest BCUT2D eigenvalue weighted by molar-refractivity contribution is -0.110. The van der Waals surface area contributed by atoms with E-state index in [1.807, 2.05) is 36.4 Å². The maximum Gasteiger partial charge on any atom is 0.266 e. The summed E-state index contributed by atoms with van der Waals surface area (Å²) in [6.07, 6.45) is 1.65. The summed E-state index contributed by atoms with van der Waals surface area (Å²) in [5.41, 5.74) is 2.75. The molecule has 1 N–H and O–H groups in total. The normalized spacial score (nSPS) is 14.0. The molecular weight excluding hydrogens is 458 g/mol. The third-order valence-corrected chi connectivity index (χ3v) is 5.66. The van der Waals surface area contributed by atoms with Crippen molar-refractivity contribution in [1.29, 1.82) is 0 Å². The van der Waals surface area contributed by atoms with Crippen molar-refractivity contribution in [2.24, 2.45) is 0 Å². The number of ether oxygens (including phenoxy) is 1. The van der Waals surface area contributed by atoms with Crippen LogP contribution >= 0.6 is 15.9 Å². The van der Waals surface area contributed by atoms with Gasteiger partial charge in [0.15, 0.2) is 0 Å². The lowest BCUT2D eigenvalue weighted by Crippen LogP contribution is -2.23. The minimum absolute atomic E-state index is 0.241. The lowest BCUT2D eigenvalue weighted by atomic mass is 10.1. The molecule has 1 aliphatic heterocycles. The quantitative estimate of drug-likeness (QED) is 0.439. The molecule has 5 rings (SSSR count). The number of para-hydroxylation sites is 3. The van der Waals surface area contributed by atoms with Gasteiger partial charge in [-0.05, 0) is 48.5 Å². The number of rotatable bonds is 3. The Kier molecular flexibility index (Phi) is 4.67. The fraction of sp³-hybridized carbons (Fsp3) is 0.0417. The van der Waals surface area contributed by atoms with E-state index in [0.717, 1.165) is 10.0 Å². The molecular formula is C24H16BrN3O3. The molecule has 0 bridgehead atoms. The van der Waals surface area contributed by atoms with Gasteiger partial charge in [-0.15, -0.1) is 0 Å². The van der Waals surface area contributed by atoms with Crippen LogP contribution in [0.4, 0.5) is 5.69 Å². The number of methoxy groups -OCH3 is 1. The number of halogens is 1. The Morgan fingerprint density at radius 1 is 1.03 bits per heavy atom. The first-order chi connectivity index (χ1) is 15.1. The van der Waals surface area contributed by atoms with Crippen LogP contribution in [0, 0.1) is 0 Å². The number of carbonyl (C=O) groups is 1. The molecule has 2 heterocycles. The average molecular weight is 474 g/mol. The largest absolute Gasteiger partial charge is 0.495 e. The standard InChI is InChI=1S/C24H16BrN3O3/c1-31-21-9-5-4-8-20(21)28-22(26-18-7-3-2-6-15(18)24(28)30)13-17-16-12-14(25)10-11-19(16)27-23(17)29/h2-13H,1H3,(H,27,29).